The van der Waals surface area contributed by atoms with E-state index in [0.29, 0.717) is 13.1 Å². The molecule has 1 N–H and O–H groups in total. The first-order valence-electron chi connectivity index (χ1n) is 8.95. The van der Waals surface area contributed by atoms with E-state index >= 15 is 0 Å². The summed E-state index contributed by atoms with van der Waals surface area (Å²) in [5.74, 6) is 0.154. The van der Waals surface area contributed by atoms with Gasteiger partial charge in [-0.05, 0) is 37.5 Å². The van der Waals surface area contributed by atoms with Gasteiger partial charge in [-0.2, -0.15) is 0 Å². The number of nitrogens with zero attached hydrogens (tertiary/aromatic N) is 2. The third-order valence-electron chi connectivity index (χ3n) is 4.64. The summed E-state index contributed by atoms with van der Waals surface area (Å²) in [6.07, 6.45) is 4.14. The zero-order valence-corrected chi connectivity index (χ0v) is 18.0. The van der Waals surface area contributed by atoms with Crippen molar-refractivity contribution in [3.63, 3.8) is 0 Å². The highest BCUT2D eigenvalue weighted by Gasteiger charge is 2.22. The van der Waals surface area contributed by atoms with Crippen LogP contribution in [0.15, 0.2) is 23.1 Å². The Morgan fingerprint density at radius 1 is 1.18 bits per heavy atom. The highest BCUT2D eigenvalue weighted by molar-refractivity contribution is 7.92. The van der Waals surface area contributed by atoms with E-state index in [4.69, 9.17) is 4.74 Å². The normalized spacial score (nSPS) is 15.3. The summed E-state index contributed by atoms with van der Waals surface area (Å²) in [5, 5.41) is 0. The molecule has 1 amide bonds. The van der Waals surface area contributed by atoms with E-state index in [0.717, 1.165) is 29.8 Å². The molecule has 1 aromatic carbocycles. The molecule has 1 saturated heterocycles. The molecule has 0 saturated carbocycles. The lowest BCUT2D eigenvalue weighted by molar-refractivity contribution is -0.131. The number of carbonyl (C=O) groups excluding carboxylic acids is 1. The van der Waals surface area contributed by atoms with Gasteiger partial charge in [-0.3, -0.25) is 9.10 Å². The smallest absolute Gasteiger partial charge is 0.240 e. The minimum Gasteiger partial charge on any atom is -0.495 e. The van der Waals surface area contributed by atoms with Crippen molar-refractivity contribution in [1.29, 1.82) is 0 Å². The maximum absolute atomic E-state index is 12.6. The van der Waals surface area contributed by atoms with E-state index < -0.39 is 20.0 Å². The predicted octanol–water partition coefficient (Wildman–Crippen LogP) is 0.772. The quantitative estimate of drug-likeness (QED) is 0.648. The summed E-state index contributed by atoms with van der Waals surface area (Å²) in [6, 6.07) is 3.95. The summed E-state index contributed by atoms with van der Waals surface area (Å²) in [7, 11) is -4.83. The SMILES string of the molecule is COc1ccc(S(=O)(=O)NCCC(=O)N2CCCCC2)cc1N(C)S(C)(=O)=O. The Bertz CT molecular complexity index is 909. The second kappa shape index (κ2) is 9.10. The lowest BCUT2D eigenvalue weighted by Crippen LogP contribution is -2.37. The van der Waals surface area contributed by atoms with Crippen molar-refractivity contribution >= 4 is 31.6 Å². The lowest BCUT2D eigenvalue weighted by atomic mass is 10.1. The van der Waals surface area contributed by atoms with Gasteiger partial charge in [0.15, 0.2) is 0 Å². The molecule has 9 nitrogen and oxygen atoms in total. The predicted molar refractivity (Wildman–Crippen MR) is 106 cm³/mol. The highest BCUT2D eigenvalue weighted by atomic mass is 32.2. The maximum Gasteiger partial charge on any atom is 0.240 e. The van der Waals surface area contributed by atoms with E-state index in [-0.39, 0.29) is 35.2 Å². The minimum absolute atomic E-state index is 0.0268. The number of sulfonamides is 2. The number of carbonyl (C=O) groups is 1. The van der Waals surface area contributed by atoms with Crippen molar-refractivity contribution in [3.05, 3.63) is 18.2 Å². The third kappa shape index (κ3) is 5.58. The number of methoxy groups -OCH3 is 1. The van der Waals surface area contributed by atoms with Crippen molar-refractivity contribution in [2.24, 2.45) is 0 Å². The largest absolute Gasteiger partial charge is 0.495 e. The van der Waals surface area contributed by atoms with Crippen molar-refractivity contribution < 1.29 is 26.4 Å². The van der Waals surface area contributed by atoms with Gasteiger partial charge in [-0.1, -0.05) is 0 Å². The van der Waals surface area contributed by atoms with Crippen molar-refractivity contribution in [1.82, 2.24) is 9.62 Å². The number of benzene rings is 1. The fraction of sp³-hybridized carbons (Fsp3) is 0.588. The molecular weight excluding hydrogens is 406 g/mol. The van der Waals surface area contributed by atoms with Crippen LogP contribution in [0, 0.1) is 0 Å². The van der Waals surface area contributed by atoms with E-state index in [1.165, 1.54) is 32.4 Å². The van der Waals surface area contributed by atoms with Gasteiger partial charge in [0.1, 0.15) is 5.75 Å². The topological polar surface area (TPSA) is 113 Å². The van der Waals surface area contributed by atoms with Crippen LogP contribution in [-0.4, -0.2) is 67.7 Å². The number of piperidine rings is 1. The van der Waals surface area contributed by atoms with Crippen LogP contribution in [0.4, 0.5) is 5.69 Å². The number of amides is 1. The first kappa shape index (κ1) is 22.4. The Morgan fingerprint density at radius 3 is 2.39 bits per heavy atom. The average molecular weight is 434 g/mol. The molecule has 158 valence electrons. The molecule has 0 unspecified atom stereocenters. The molecule has 11 heteroatoms. The first-order chi connectivity index (χ1) is 13.1. The zero-order chi connectivity index (χ0) is 20.9. The van der Waals surface area contributed by atoms with Gasteiger partial charge >= 0.3 is 0 Å². The molecular formula is C17H27N3O6S2. The Kier molecular flexibility index (Phi) is 7.29. The molecule has 1 aromatic rings. The van der Waals surface area contributed by atoms with E-state index in [9.17, 15) is 21.6 Å². The molecule has 1 aliphatic heterocycles. The Labute approximate surface area is 166 Å². The van der Waals surface area contributed by atoms with Gasteiger partial charge in [0.25, 0.3) is 0 Å². The van der Waals surface area contributed by atoms with E-state index in [2.05, 4.69) is 4.72 Å². The standard InChI is InChI=1S/C17H27N3O6S2/c1-19(27(3,22)23)15-13-14(7-8-16(15)26-2)28(24,25)18-10-9-17(21)20-11-5-4-6-12-20/h7-8,13,18H,4-6,9-12H2,1-3H3. The van der Waals surface area contributed by atoms with Crippen LogP contribution in [0.3, 0.4) is 0 Å². The van der Waals surface area contributed by atoms with Gasteiger partial charge in [0.05, 0.1) is 23.9 Å². The number of anilines is 1. The summed E-state index contributed by atoms with van der Waals surface area (Å²) in [4.78, 5) is 13.8. The van der Waals surface area contributed by atoms with Crippen LogP contribution >= 0.6 is 0 Å². The Hall–Kier alpha value is -1.85. The average Bonchev–Trinajstić information content (AvgIpc) is 2.66. The number of hydrogen-bond donors (Lipinski definition) is 1. The first-order valence-corrected chi connectivity index (χ1v) is 12.3. The fourth-order valence-electron chi connectivity index (χ4n) is 2.94. The van der Waals surface area contributed by atoms with Crippen LogP contribution in [0.25, 0.3) is 0 Å². The number of nitrogens with one attached hydrogen (secondary N) is 1. The molecule has 1 aliphatic rings. The molecule has 0 radical (unpaired) electrons. The summed E-state index contributed by atoms with van der Waals surface area (Å²) >= 11 is 0. The van der Waals surface area contributed by atoms with Crippen LogP contribution in [0.1, 0.15) is 25.7 Å². The van der Waals surface area contributed by atoms with Crippen molar-refractivity contribution in [2.45, 2.75) is 30.6 Å². The van der Waals surface area contributed by atoms with Gasteiger partial charge < -0.3 is 9.64 Å². The zero-order valence-electron chi connectivity index (χ0n) is 16.3. The fourth-order valence-corrected chi connectivity index (χ4v) is 4.49. The van der Waals surface area contributed by atoms with Crippen LogP contribution < -0.4 is 13.8 Å². The number of hydrogen-bond acceptors (Lipinski definition) is 6. The molecule has 0 bridgehead atoms. The number of ether oxygens (including phenoxy) is 1. The van der Waals surface area contributed by atoms with E-state index in [1.54, 1.807) is 4.90 Å². The third-order valence-corrected chi connectivity index (χ3v) is 7.29. The highest BCUT2D eigenvalue weighted by Crippen LogP contribution is 2.31. The Balaban J connectivity index is 2.11. The van der Waals surface area contributed by atoms with Crippen LogP contribution in [0.5, 0.6) is 5.75 Å². The second-order valence-electron chi connectivity index (χ2n) is 6.65. The molecule has 28 heavy (non-hydrogen) atoms. The Morgan fingerprint density at radius 2 is 1.82 bits per heavy atom. The molecule has 2 rings (SSSR count). The molecule has 1 heterocycles. The molecule has 0 spiro atoms. The van der Waals surface area contributed by atoms with Crippen LogP contribution in [-0.2, 0) is 24.8 Å². The van der Waals surface area contributed by atoms with Crippen molar-refractivity contribution in [3.8, 4) is 5.75 Å². The molecule has 0 aliphatic carbocycles. The van der Waals surface area contributed by atoms with Gasteiger partial charge in [-0.15, -0.1) is 0 Å². The molecule has 0 atom stereocenters. The lowest BCUT2D eigenvalue weighted by Gasteiger charge is -2.26. The minimum atomic E-state index is -3.91. The number of likely N-dealkylation sites (tertiary alicyclic amines) is 1. The maximum atomic E-state index is 12.6. The second-order valence-corrected chi connectivity index (χ2v) is 10.4. The number of rotatable bonds is 8. The van der Waals surface area contributed by atoms with Crippen LogP contribution in [0.2, 0.25) is 0 Å². The molecule has 0 aromatic heterocycles. The molecule has 1 fully saturated rings. The summed E-state index contributed by atoms with van der Waals surface area (Å²) in [5.41, 5.74) is 0.109. The summed E-state index contributed by atoms with van der Waals surface area (Å²) in [6.45, 7) is 1.40. The van der Waals surface area contributed by atoms with E-state index in [1.807, 2.05) is 0 Å². The summed E-state index contributed by atoms with van der Waals surface area (Å²) < 4.78 is 57.3. The van der Waals surface area contributed by atoms with Gasteiger partial charge in [0.2, 0.25) is 26.0 Å². The van der Waals surface area contributed by atoms with Crippen molar-refractivity contribution in [2.75, 3.05) is 44.4 Å². The van der Waals surface area contributed by atoms with Gasteiger partial charge in [0, 0.05) is 33.1 Å². The van der Waals surface area contributed by atoms with Gasteiger partial charge in [-0.25, -0.2) is 21.6 Å². The monoisotopic (exact) mass is 433 g/mol.